The van der Waals surface area contributed by atoms with Crippen molar-refractivity contribution in [1.82, 2.24) is 5.32 Å². The van der Waals surface area contributed by atoms with Gasteiger partial charge in [-0.15, -0.1) is 0 Å². The van der Waals surface area contributed by atoms with Crippen LogP contribution in [-0.4, -0.2) is 24.0 Å². The summed E-state index contributed by atoms with van der Waals surface area (Å²) >= 11 is 6.01. The zero-order valence-electron chi connectivity index (χ0n) is 16.3. The molecule has 3 N–H and O–H groups in total. The first-order valence-electron chi connectivity index (χ1n) is 10.1. The highest BCUT2D eigenvalue weighted by Gasteiger charge is 2.49. The van der Waals surface area contributed by atoms with Gasteiger partial charge in [-0.05, 0) is 73.9 Å². The number of ether oxygens (including phenoxy) is 1. The van der Waals surface area contributed by atoms with Gasteiger partial charge in [0, 0.05) is 23.2 Å². The minimum Gasteiger partial charge on any atom is -0.485 e. The van der Waals surface area contributed by atoms with Gasteiger partial charge in [-0.2, -0.15) is 0 Å². The molecule has 0 radical (unpaired) electrons. The molecule has 2 aliphatic heterocycles. The van der Waals surface area contributed by atoms with Gasteiger partial charge in [-0.3, -0.25) is 4.79 Å². The number of ketones is 1. The lowest BCUT2D eigenvalue weighted by Gasteiger charge is -2.38. The molecule has 0 spiro atoms. The number of hydrogen-bond acceptors (Lipinski definition) is 4. The number of nitrogens with two attached hydrogens (primary N) is 1. The number of halogens is 2. The second kappa shape index (κ2) is 8.42. The van der Waals surface area contributed by atoms with Crippen molar-refractivity contribution in [3.63, 3.8) is 0 Å². The first kappa shape index (κ1) is 20.3. The molecule has 0 amide bonds. The van der Waals surface area contributed by atoms with Gasteiger partial charge in [0.2, 0.25) is 0 Å². The summed E-state index contributed by atoms with van der Waals surface area (Å²) in [5.74, 6) is 0.867. The van der Waals surface area contributed by atoms with Gasteiger partial charge in [-0.1, -0.05) is 23.7 Å². The molecule has 0 aromatic heterocycles. The minimum absolute atomic E-state index is 0.0115. The van der Waals surface area contributed by atoms with E-state index in [4.69, 9.17) is 22.1 Å². The molecule has 0 saturated carbocycles. The molecule has 29 heavy (non-hydrogen) atoms. The fourth-order valence-corrected chi connectivity index (χ4v) is 5.04. The summed E-state index contributed by atoms with van der Waals surface area (Å²) in [6.07, 6.45) is 4.53. The van der Waals surface area contributed by atoms with Gasteiger partial charge in [-0.25, -0.2) is 4.39 Å². The van der Waals surface area contributed by atoms with E-state index in [1.54, 1.807) is 18.2 Å². The lowest BCUT2D eigenvalue weighted by Crippen LogP contribution is -2.56. The maximum absolute atomic E-state index is 13.2. The average Bonchev–Trinajstić information content (AvgIpc) is 3.04. The average molecular weight is 417 g/mol. The van der Waals surface area contributed by atoms with Crippen LogP contribution in [0.15, 0.2) is 42.5 Å². The van der Waals surface area contributed by atoms with Crippen LogP contribution in [0.1, 0.15) is 36.8 Å². The summed E-state index contributed by atoms with van der Waals surface area (Å²) in [5, 5.41) is 4.16. The second-order valence-corrected chi connectivity index (χ2v) is 8.70. The Balaban J connectivity index is 1.42. The Morgan fingerprint density at radius 3 is 2.83 bits per heavy atom. The highest BCUT2D eigenvalue weighted by Crippen LogP contribution is 2.41. The topological polar surface area (TPSA) is 64.3 Å². The monoisotopic (exact) mass is 416 g/mol. The SMILES string of the molecule is NCc1cc(Cl)ccc1OCC(=O)C12CCC(CC(Cc3ccc(F)cc3)C1)N2. The number of fused-ring (bicyclic) bond motifs is 2. The van der Waals surface area contributed by atoms with Crippen molar-refractivity contribution in [1.29, 1.82) is 0 Å². The molecule has 4 nitrogen and oxygen atoms in total. The molecule has 2 heterocycles. The number of piperidine rings is 1. The van der Waals surface area contributed by atoms with E-state index >= 15 is 0 Å². The Morgan fingerprint density at radius 2 is 2.07 bits per heavy atom. The number of benzene rings is 2. The van der Waals surface area contributed by atoms with Gasteiger partial charge >= 0.3 is 0 Å². The molecule has 154 valence electrons. The smallest absolute Gasteiger partial charge is 0.190 e. The molecular weight excluding hydrogens is 391 g/mol. The van der Waals surface area contributed by atoms with E-state index in [2.05, 4.69) is 5.32 Å². The summed E-state index contributed by atoms with van der Waals surface area (Å²) < 4.78 is 19.0. The van der Waals surface area contributed by atoms with Crippen LogP contribution in [0.2, 0.25) is 5.02 Å². The van der Waals surface area contributed by atoms with Crippen molar-refractivity contribution in [2.24, 2.45) is 11.7 Å². The van der Waals surface area contributed by atoms with Gasteiger partial charge in [0.05, 0.1) is 5.54 Å². The van der Waals surface area contributed by atoms with E-state index in [1.807, 2.05) is 12.1 Å². The molecule has 2 aliphatic rings. The predicted octanol–water partition coefficient (Wildman–Crippen LogP) is 4.03. The van der Waals surface area contributed by atoms with Crippen LogP contribution >= 0.6 is 11.6 Å². The Hall–Kier alpha value is -1.95. The zero-order valence-corrected chi connectivity index (χ0v) is 17.1. The summed E-state index contributed by atoms with van der Waals surface area (Å²) in [4.78, 5) is 13.2. The number of nitrogens with one attached hydrogen (secondary N) is 1. The van der Waals surface area contributed by atoms with E-state index in [-0.39, 0.29) is 18.2 Å². The van der Waals surface area contributed by atoms with Crippen LogP contribution in [-0.2, 0) is 17.8 Å². The fraction of sp³-hybridized carbons (Fsp3) is 0.435. The van der Waals surface area contributed by atoms with Crippen LogP contribution in [0.25, 0.3) is 0 Å². The second-order valence-electron chi connectivity index (χ2n) is 8.27. The maximum atomic E-state index is 13.2. The fourth-order valence-electron chi connectivity index (χ4n) is 4.84. The zero-order chi connectivity index (χ0) is 20.4. The van der Waals surface area contributed by atoms with Crippen LogP contribution in [0.4, 0.5) is 4.39 Å². The normalized spacial score (nSPS) is 25.8. The molecule has 0 aliphatic carbocycles. The van der Waals surface area contributed by atoms with E-state index in [9.17, 15) is 9.18 Å². The Bertz CT molecular complexity index is 889. The van der Waals surface area contributed by atoms with Crippen LogP contribution in [0.5, 0.6) is 5.75 Å². The molecule has 2 saturated heterocycles. The van der Waals surface area contributed by atoms with Crippen LogP contribution < -0.4 is 15.8 Å². The predicted molar refractivity (Wildman–Crippen MR) is 112 cm³/mol. The summed E-state index contributed by atoms with van der Waals surface area (Å²) in [5.41, 5.74) is 7.15. The minimum atomic E-state index is -0.525. The number of Topliss-reactive ketones (excluding diaryl/α,β-unsaturated/α-hetero) is 1. The highest BCUT2D eigenvalue weighted by atomic mass is 35.5. The van der Waals surface area contributed by atoms with Crippen LogP contribution in [0, 0.1) is 11.7 Å². The number of carbonyl (C=O) groups is 1. The van der Waals surface area contributed by atoms with Crippen molar-refractivity contribution in [3.8, 4) is 5.75 Å². The largest absolute Gasteiger partial charge is 0.485 e. The first-order valence-corrected chi connectivity index (χ1v) is 10.5. The Kier molecular flexibility index (Phi) is 5.91. The third kappa shape index (κ3) is 4.47. The first-order chi connectivity index (χ1) is 14.0. The number of carbonyl (C=O) groups excluding carboxylic acids is 1. The molecular formula is C23H26ClFN2O2. The molecule has 6 heteroatoms. The quantitative estimate of drug-likeness (QED) is 0.715. The van der Waals surface area contributed by atoms with Gasteiger partial charge in [0.15, 0.2) is 5.78 Å². The molecule has 2 fully saturated rings. The lowest BCUT2D eigenvalue weighted by molar-refractivity contribution is -0.128. The summed E-state index contributed by atoms with van der Waals surface area (Å²) in [6.45, 7) is 0.312. The molecule has 2 bridgehead atoms. The summed E-state index contributed by atoms with van der Waals surface area (Å²) in [6, 6.07) is 12.3. The van der Waals surface area contributed by atoms with Crippen molar-refractivity contribution in [2.75, 3.05) is 6.61 Å². The third-order valence-corrected chi connectivity index (χ3v) is 6.46. The molecule has 3 unspecified atom stereocenters. The highest BCUT2D eigenvalue weighted by molar-refractivity contribution is 6.30. The van der Waals surface area contributed by atoms with Crippen molar-refractivity contribution < 1.29 is 13.9 Å². The molecule has 2 aromatic rings. The van der Waals surface area contributed by atoms with Crippen molar-refractivity contribution in [2.45, 2.75) is 50.2 Å². The molecule has 2 aromatic carbocycles. The number of hydrogen-bond donors (Lipinski definition) is 2. The Morgan fingerprint density at radius 1 is 1.28 bits per heavy atom. The molecule has 3 atom stereocenters. The van der Waals surface area contributed by atoms with E-state index in [1.165, 1.54) is 12.1 Å². The van der Waals surface area contributed by atoms with E-state index < -0.39 is 5.54 Å². The van der Waals surface area contributed by atoms with Crippen molar-refractivity contribution in [3.05, 3.63) is 64.4 Å². The molecule has 4 rings (SSSR count). The lowest BCUT2D eigenvalue weighted by atomic mass is 9.78. The van der Waals surface area contributed by atoms with Gasteiger partial charge in [0.1, 0.15) is 18.2 Å². The van der Waals surface area contributed by atoms with E-state index in [0.29, 0.717) is 29.3 Å². The standard InChI is InChI=1S/C23H26ClFN2O2/c24-18-3-6-21(17(11-18)13-26)29-14-22(28)23-8-7-20(27-23)10-16(12-23)9-15-1-4-19(25)5-2-15/h1-6,11,16,20,27H,7-10,12-14,26H2. The van der Waals surface area contributed by atoms with E-state index in [0.717, 1.165) is 43.2 Å². The maximum Gasteiger partial charge on any atom is 0.190 e. The Labute approximate surface area is 175 Å². The van der Waals surface area contributed by atoms with Crippen molar-refractivity contribution >= 4 is 17.4 Å². The van der Waals surface area contributed by atoms with Gasteiger partial charge in [0.25, 0.3) is 0 Å². The van der Waals surface area contributed by atoms with Gasteiger partial charge < -0.3 is 15.8 Å². The number of rotatable bonds is 7. The van der Waals surface area contributed by atoms with Crippen LogP contribution in [0.3, 0.4) is 0 Å². The third-order valence-electron chi connectivity index (χ3n) is 6.23. The summed E-state index contributed by atoms with van der Waals surface area (Å²) in [7, 11) is 0.